The highest BCUT2D eigenvalue weighted by Gasteiger charge is 2.13. The van der Waals surface area contributed by atoms with Gasteiger partial charge in [-0.05, 0) is 29.2 Å². The Morgan fingerprint density at radius 2 is 1.89 bits per heavy atom. The molecule has 3 aromatic rings. The minimum Gasteiger partial charge on any atom is -0.355 e. The van der Waals surface area contributed by atoms with Gasteiger partial charge in [-0.2, -0.15) is 0 Å². The summed E-state index contributed by atoms with van der Waals surface area (Å²) in [6.07, 6.45) is 5.00. The number of nitrogens with zero attached hydrogens (tertiary/aromatic N) is 2. The number of ketones is 1. The number of benzene rings is 2. The van der Waals surface area contributed by atoms with E-state index >= 15 is 0 Å². The lowest BCUT2D eigenvalue weighted by Crippen LogP contribution is -2.18. The van der Waals surface area contributed by atoms with Gasteiger partial charge in [0.05, 0.1) is 18.4 Å². The molecular weight excluding hydrogens is 338 g/mol. The van der Waals surface area contributed by atoms with Crippen molar-refractivity contribution in [2.75, 3.05) is 7.05 Å². The molecule has 0 fully saturated rings. The molecule has 2 aromatic carbocycles. The van der Waals surface area contributed by atoms with Crippen LogP contribution in [0.25, 0.3) is 11.1 Å². The molecule has 138 valence electrons. The van der Waals surface area contributed by atoms with Gasteiger partial charge in [0.15, 0.2) is 0 Å². The summed E-state index contributed by atoms with van der Waals surface area (Å²) in [4.78, 5) is 28.7. The van der Waals surface area contributed by atoms with E-state index in [0.29, 0.717) is 24.8 Å². The topological polar surface area (TPSA) is 64.0 Å². The van der Waals surface area contributed by atoms with Crippen LogP contribution in [-0.2, 0) is 24.7 Å². The van der Waals surface area contributed by atoms with Crippen molar-refractivity contribution in [3.63, 3.8) is 0 Å². The van der Waals surface area contributed by atoms with Gasteiger partial charge >= 0.3 is 0 Å². The predicted octanol–water partition coefficient (Wildman–Crippen LogP) is 3.19. The maximum atomic E-state index is 12.3. The van der Waals surface area contributed by atoms with Crippen LogP contribution in [0.2, 0.25) is 0 Å². The fourth-order valence-electron chi connectivity index (χ4n) is 3.07. The first-order valence-electron chi connectivity index (χ1n) is 8.96. The summed E-state index contributed by atoms with van der Waals surface area (Å²) < 4.78 is 1.84. The third kappa shape index (κ3) is 4.70. The van der Waals surface area contributed by atoms with E-state index in [9.17, 15) is 9.59 Å². The molecule has 1 amide bonds. The number of hydrogen-bond donors (Lipinski definition) is 1. The molecule has 0 saturated carbocycles. The number of nitrogens with one attached hydrogen (secondary N) is 1. The number of carbonyl (C=O) groups is 2. The van der Waals surface area contributed by atoms with E-state index in [1.807, 2.05) is 66.3 Å². The first kappa shape index (κ1) is 18.6. The Labute approximate surface area is 159 Å². The zero-order chi connectivity index (χ0) is 19.2. The van der Waals surface area contributed by atoms with Crippen molar-refractivity contribution in [3.8, 4) is 11.1 Å². The molecular formula is C22H23N3O2. The smallest absolute Gasteiger partial charge is 0.251 e. The highest BCUT2D eigenvalue weighted by molar-refractivity contribution is 6.00. The predicted molar refractivity (Wildman–Crippen MR) is 106 cm³/mol. The normalized spacial score (nSPS) is 10.6. The Kier molecular flexibility index (Phi) is 5.81. The van der Waals surface area contributed by atoms with E-state index in [2.05, 4.69) is 10.3 Å². The molecule has 1 aromatic heterocycles. The highest BCUT2D eigenvalue weighted by Crippen LogP contribution is 2.25. The molecule has 5 nitrogen and oxygen atoms in total. The van der Waals surface area contributed by atoms with Gasteiger partial charge in [0, 0.05) is 32.3 Å². The Morgan fingerprint density at radius 1 is 1.11 bits per heavy atom. The summed E-state index contributed by atoms with van der Waals surface area (Å²) in [6, 6.07) is 15.6. The highest BCUT2D eigenvalue weighted by atomic mass is 16.1. The quantitative estimate of drug-likeness (QED) is 0.703. The van der Waals surface area contributed by atoms with E-state index in [1.165, 1.54) is 0 Å². The lowest BCUT2D eigenvalue weighted by Gasteiger charge is -2.11. The van der Waals surface area contributed by atoms with Crippen LogP contribution in [0.5, 0.6) is 0 Å². The lowest BCUT2D eigenvalue weighted by molar-refractivity contribution is -0.118. The molecule has 0 spiro atoms. The zero-order valence-corrected chi connectivity index (χ0v) is 15.6. The van der Waals surface area contributed by atoms with Gasteiger partial charge in [0.2, 0.25) is 0 Å². The summed E-state index contributed by atoms with van der Waals surface area (Å²) in [5.74, 6) is 0.0389. The van der Waals surface area contributed by atoms with Crippen molar-refractivity contribution < 1.29 is 9.59 Å². The Balaban J connectivity index is 1.76. The molecule has 0 bridgehead atoms. The first-order chi connectivity index (χ1) is 13.1. The van der Waals surface area contributed by atoms with Gasteiger partial charge in [-0.15, -0.1) is 0 Å². The van der Waals surface area contributed by atoms with E-state index < -0.39 is 0 Å². The fourth-order valence-corrected chi connectivity index (χ4v) is 3.07. The Morgan fingerprint density at radius 3 is 2.56 bits per heavy atom. The molecule has 27 heavy (non-hydrogen) atoms. The van der Waals surface area contributed by atoms with Crippen molar-refractivity contribution in [2.24, 2.45) is 7.05 Å². The SMILES string of the molecule is CNC(=O)c1ccc(CCC(=O)Cc2cn(C)cn2)cc1-c1ccccc1. The van der Waals surface area contributed by atoms with Gasteiger partial charge in [0.1, 0.15) is 5.78 Å². The molecule has 0 aliphatic rings. The Bertz CT molecular complexity index is 945. The number of aryl methyl sites for hydroxylation is 2. The van der Waals surface area contributed by atoms with Crippen LogP contribution in [0.4, 0.5) is 0 Å². The largest absolute Gasteiger partial charge is 0.355 e. The van der Waals surface area contributed by atoms with E-state index in [1.54, 1.807) is 13.4 Å². The number of Topliss-reactive ketones (excluding diaryl/α,β-unsaturated/α-hetero) is 1. The van der Waals surface area contributed by atoms with Crippen molar-refractivity contribution in [1.29, 1.82) is 0 Å². The number of imidazole rings is 1. The molecule has 0 unspecified atom stereocenters. The molecule has 1 heterocycles. The maximum absolute atomic E-state index is 12.3. The molecule has 5 heteroatoms. The van der Waals surface area contributed by atoms with Crippen molar-refractivity contribution in [1.82, 2.24) is 14.9 Å². The van der Waals surface area contributed by atoms with Crippen LogP contribution in [0.15, 0.2) is 61.1 Å². The zero-order valence-electron chi connectivity index (χ0n) is 15.6. The van der Waals surface area contributed by atoms with Crippen LogP contribution >= 0.6 is 0 Å². The average molecular weight is 361 g/mol. The van der Waals surface area contributed by atoms with E-state index in [-0.39, 0.29) is 11.7 Å². The summed E-state index contributed by atoms with van der Waals surface area (Å²) in [7, 11) is 3.52. The molecule has 1 N–H and O–H groups in total. The molecule has 0 radical (unpaired) electrons. The maximum Gasteiger partial charge on any atom is 0.251 e. The summed E-state index contributed by atoms with van der Waals surface area (Å²) in [6.45, 7) is 0. The number of amides is 1. The number of aromatic nitrogens is 2. The number of hydrogen-bond acceptors (Lipinski definition) is 3. The molecule has 3 rings (SSSR count). The number of carbonyl (C=O) groups excluding carboxylic acids is 2. The third-order valence-corrected chi connectivity index (χ3v) is 4.47. The van der Waals surface area contributed by atoms with Crippen LogP contribution in [0.3, 0.4) is 0 Å². The molecule has 0 aliphatic carbocycles. The van der Waals surface area contributed by atoms with Crippen LogP contribution in [0, 0.1) is 0 Å². The first-order valence-corrected chi connectivity index (χ1v) is 8.96. The second-order valence-electron chi connectivity index (χ2n) is 6.57. The van der Waals surface area contributed by atoms with Gasteiger partial charge in [-0.3, -0.25) is 9.59 Å². The summed E-state index contributed by atoms with van der Waals surface area (Å²) >= 11 is 0. The third-order valence-electron chi connectivity index (χ3n) is 4.47. The van der Waals surface area contributed by atoms with Gasteiger partial charge in [-0.1, -0.05) is 42.5 Å². The van der Waals surface area contributed by atoms with E-state index in [0.717, 1.165) is 22.4 Å². The molecule has 0 atom stereocenters. The minimum atomic E-state index is -0.119. The van der Waals surface area contributed by atoms with Gasteiger partial charge in [0.25, 0.3) is 5.91 Å². The monoisotopic (exact) mass is 361 g/mol. The second-order valence-corrected chi connectivity index (χ2v) is 6.57. The molecule has 0 saturated heterocycles. The summed E-state index contributed by atoms with van der Waals surface area (Å²) in [5, 5.41) is 2.69. The van der Waals surface area contributed by atoms with Crippen molar-refractivity contribution in [2.45, 2.75) is 19.3 Å². The lowest BCUT2D eigenvalue weighted by atomic mass is 9.94. The second kappa shape index (κ2) is 8.45. The van der Waals surface area contributed by atoms with Crippen molar-refractivity contribution >= 4 is 11.7 Å². The fraction of sp³-hybridized carbons (Fsp3) is 0.227. The van der Waals surface area contributed by atoms with Crippen LogP contribution in [-0.4, -0.2) is 28.3 Å². The van der Waals surface area contributed by atoms with E-state index in [4.69, 9.17) is 0 Å². The standard InChI is InChI=1S/C22H23N3O2/c1-23-22(27)20-11-9-16(12-21(20)17-6-4-3-5-7-17)8-10-19(26)13-18-14-25(2)15-24-18/h3-7,9,11-12,14-15H,8,10,13H2,1-2H3,(H,23,27). The molecule has 0 aliphatic heterocycles. The van der Waals surface area contributed by atoms with Crippen LogP contribution < -0.4 is 5.32 Å². The number of rotatable bonds is 7. The minimum absolute atomic E-state index is 0.119. The van der Waals surface area contributed by atoms with Gasteiger partial charge in [-0.25, -0.2) is 4.98 Å². The average Bonchev–Trinajstić information content (AvgIpc) is 3.10. The summed E-state index contributed by atoms with van der Waals surface area (Å²) in [5.41, 5.74) is 4.33. The Hall–Kier alpha value is -3.21. The van der Waals surface area contributed by atoms with Gasteiger partial charge < -0.3 is 9.88 Å². The van der Waals surface area contributed by atoms with Crippen molar-refractivity contribution in [3.05, 3.63) is 77.9 Å². The van der Waals surface area contributed by atoms with Crippen LogP contribution in [0.1, 0.15) is 28.0 Å².